The van der Waals surface area contributed by atoms with Gasteiger partial charge >= 0.3 is 18.3 Å². The molecule has 3 atom stereocenters. The van der Waals surface area contributed by atoms with Crippen LogP contribution in [0.3, 0.4) is 0 Å². The number of piperidine rings is 1. The van der Waals surface area contributed by atoms with Gasteiger partial charge in [0.25, 0.3) is 0 Å². The van der Waals surface area contributed by atoms with Gasteiger partial charge in [-0.2, -0.15) is 26.3 Å². The number of likely N-dealkylation sites (tertiary alicyclic amines) is 1. The molecule has 46 heavy (non-hydrogen) atoms. The fraction of sp³-hybridized carbons (Fsp3) is 0.412. The molecule has 2 heterocycles. The fourth-order valence-corrected chi connectivity index (χ4v) is 7.74. The van der Waals surface area contributed by atoms with E-state index in [0.29, 0.717) is 50.2 Å². The summed E-state index contributed by atoms with van der Waals surface area (Å²) in [6, 6.07) is 17.5. The molecule has 3 aromatic rings. The van der Waals surface area contributed by atoms with Crippen LogP contribution in [-0.4, -0.2) is 59.8 Å². The first-order valence-corrected chi connectivity index (χ1v) is 15.2. The first kappa shape index (κ1) is 33.8. The van der Waals surface area contributed by atoms with Crippen molar-refractivity contribution in [2.24, 2.45) is 5.73 Å². The van der Waals surface area contributed by atoms with Crippen LogP contribution < -0.4 is 11.1 Å². The summed E-state index contributed by atoms with van der Waals surface area (Å²) in [7, 11) is 0. The van der Waals surface area contributed by atoms with E-state index in [-0.39, 0.29) is 24.7 Å². The number of hydrogen-bond donors (Lipinski definition) is 2. The van der Waals surface area contributed by atoms with Crippen LogP contribution in [0.25, 0.3) is 0 Å². The van der Waals surface area contributed by atoms with Gasteiger partial charge in [-0.3, -0.25) is 15.0 Å². The highest BCUT2D eigenvalue weighted by Gasteiger charge is 2.69. The lowest BCUT2D eigenvalue weighted by Gasteiger charge is -2.60. The molecular weight excluding hydrogens is 610 g/mol. The van der Waals surface area contributed by atoms with Crippen LogP contribution in [0.1, 0.15) is 53.6 Å². The lowest BCUT2D eigenvalue weighted by molar-refractivity contribution is -0.934. The van der Waals surface area contributed by atoms with Gasteiger partial charge in [-0.15, -0.1) is 0 Å². The number of nitrogens with zero attached hydrogens (tertiary/aromatic N) is 2. The summed E-state index contributed by atoms with van der Waals surface area (Å²) in [5, 5.41) is 3.10. The Labute approximate surface area is 263 Å². The maximum absolute atomic E-state index is 14.4. The molecule has 2 aliphatic rings. The predicted octanol–water partition coefficient (Wildman–Crippen LogP) is 5.82. The predicted molar refractivity (Wildman–Crippen MR) is 160 cm³/mol. The monoisotopic (exact) mass is 647 g/mol. The molecule has 0 aliphatic carbocycles. The molecule has 0 spiro atoms. The number of nitrogens with two attached hydrogens (primary N) is 1. The minimum atomic E-state index is -5.10. The highest BCUT2D eigenvalue weighted by Crippen LogP contribution is 2.52. The Morgan fingerprint density at radius 2 is 1.43 bits per heavy atom. The van der Waals surface area contributed by atoms with Gasteiger partial charge in [0.05, 0.1) is 23.7 Å². The summed E-state index contributed by atoms with van der Waals surface area (Å²) in [5.74, 6) is -1.05. The van der Waals surface area contributed by atoms with Gasteiger partial charge in [-0.05, 0) is 29.3 Å². The van der Waals surface area contributed by atoms with E-state index < -0.39 is 63.8 Å². The molecule has 2 aliphatic heterocycles. The average molecular weight is 648 g/mol. The van der Waals surface area contributed by atoms with E-state index in [1.54, 1.807) is 30.3 Å². The number of ketones is 1. The SMILES string of the molecule is CC(=O)C1(c2ccccc2)C(c2cc(C(F)(F)F)cc(C(F)(F)F)c2)NCC[N+]1(C(=O)CN)C1CCN(Cc2ccccc2)CC1. The topological polar surface area (TPSA) is 75.4 Å². The summed E-state index contributed by atoms with van der Waals surface area (Å²) in [4.78, 5) is 31.0. The van der Waals surface area contributed by atoms with Crippen LogP contribution in [-0.2, 0) is 34.0 Å². The van der Waals surface area contributed by atoms with E-state index in [4.69, 9.17) is 5.73 Å². The number of rotatable bonds is 7. The van der Waals surface area contributed by atoms with Crippen molar-refractivity contribution in [1.82, 2.24) is 10.2 Å². The third-order valence-corrected chi connectivity index (χ3v) is 9.60. The number of hydrogen-bond acceptors (Lipinski definition) is 5. The molecule has 5 rings (SSSR count). The van der Waals surface area contributed by atoms with E-state index >= 15 is 0 Å². The smallest absolute Gasteiger partial charge is 0.319 e. The molecule has 1 amide bonds. The summed E-state index contributed by atoms with van der Waals surface area (Å²) < 4.78 is 83.9. The molecule has 0 aromatic heterocycles. The molecule has 3 aromatic carbocycles. The number of piperazine rings is 1. The molecule has 12 heteroatoms. The van der Waals surface area contributed by atoms with Gasteiger partial charge in [0, 0.05) is 51.5 Å². The standard InChI is InChI=1S/C34H37F6N4O2/c1-23(45)32(26-10-6-3-7-11-26)31(25-18-27(33(35,36)37)20-28(19-25)34(38,39)40)42-14-17-44(32,30(46)21-41)29-12-15-43(16-13-29)22-24-8-4-2-5-9-24/h2-11,18-20,29,31,42H,12-17,21-22,41H2,1H3/q+1. The van der Waals surface area contributed by atoms with Crippen LogP contribution in [0, 0.1) is 0 Å². The highest BCUT2D eigenvalue weighted by atomic mass is 19.4. The van der Waals surface area contributed by atoms with Crippen molar-refractivity contribution in [1.29, 1.82) is 0 Å². The minimum Gasteiger partial charge on any atom is -0.319 e. The highest BCUT2D eigenvalue weighted by molar-refractivity contribution is 5.90. The van der Waals surface area contributed by atoms with Gasteiger partial charge in [0.1, 0.15) is 12.6 Å². The number of nitrogens with one attached hydrogen (secondary N) is 1. The normalized spacial score (nSPS) is 24.9. The van der Waals surface area contributed by atoms with Crippen LogP contribution >= 0.6 is 0 Å². The number of quaternary nitrogens is 1. The van der Waals surface area contributed by atoms with Gasteiger partial charge in [0.2, 0.25) is 5.54 Å². The Kier molecular flexibility index (Phi) is 9.47. The zero-order valence-electron chi connectivity index (χ0n) is 25.4. The number of halogens is 6. The second-order valence-corrected chi connectivity index (χ2v) is 12.1. The fourth-order valence-electron chi connectivity index (χ4n) is 7.74. The van der Waals surface area contributed by atoms with Gasteiger partial charge in [-0.25, -0.2) is 9.28 Å². The second kappa shape index (κ2) is 12.9. The second-order valence-electron chi connectivity index (χ2n) is 12.1. The number of carbonyl (C=O) groups excluding carboxylic acids is 2. The molecule has 2 fully saturated rings. The number of alkyl halides is 6. The average Bonchev–Trinajstić information content (AvgIpc) is 3.04. The van der Waals surface area contributed by atoms with Crippen molar-refractivity contribution in [3.8, 4) is 0 Å². The van der Waals surface area contributed by atoms with Crippen LogP contribution in [0.2, 0.25) is 0 Å². The van der Waals surface area contributed by atoms with E-state index in [0.717, 1.165) is 5.56 Å². The molecule has 3 unspecified atom stereocenters. The quantitative estimate of drug-likeness (QED) is 0.250. The Bertz CT molecular complexity index is 1510. The van der Waals surface area contributed by atoms with Crippen LogP contribution in [0.5, 0.6) is 0 Å². The Morgan fingerprint density at radius 3 is 1.93 bits per heavy atom. The number of Topliss-reactive ketones (excluding diaryl/α,β-unsaturated/α-hetero) is 1. The maximum atomic E-state index is 14.4. The summed E-state index contributed by atoms with van der Waals surface area (Å²) >= 11 is 0. The zero-order valence-corrected chi connectivity index (χ0v) is 25.4. The minimum absolute atomic E-state index is 0.0557. The third-order valence-electron chi connectivity index (χ3n) is 9.60. The lowest BCUT2D eigenvalue weighted by Crippen LogP contribution is -2.80. The van der Waals surface area contributed by atoms with Crippen molar-refractivity contribution in [2.75, 3.05) is 32.7 Å². The molecule has 2 saturated heterocycles. The Balaban J connectivity index is 1.71. The van der Waals surface area contributed by atoms with Gasteiger partial charge < -0.3 is 5.73 Å². The molecular formula is C34H37F6N4O2+. The van der Waals surface area contributed by atoms with Gasteiger partial charge in [-0.1, -0.05) is 60.7 Å². The number of benzene rings is 3. The number of amides is 1. The number of carbonyl (C=O) groups is 2. The van der Waals surface area contributed by atoms with Crippen molar-refractivity contribution in [2.45, 2.75) is 56.3 Å². The van der Waals surface area contributed by atoms with Crippen LogP contribution in [0.4, 0.5) is 26.3 Å². The van der Waals surface area contributed by atoms with Gasteiger partial charge in [0.15, 0.2) is 5.78 Å². The summed E-state index contributed by atoms with van der Waals surface area (Å²) in [6.45, 7) is 2.74. The first-order chi connectivity index (χ1) is 21.7. The van der Waals surface area contributed by atoms with Crippen LogP contribution in [0.15, 0.2) is 78.9 Å². The largest absolute Gasteiger partial charge is 0.416 e. The third kappa shape index (κ3) is 5.99. The van der Waals surface area contributed by atoms with Crippen molar-refractivity contribution >= 4 is 11.7 Å². The van der Waals surface area contributed by atoms with E-state index in [9.17, 15) is 35.9 Å². The van der Waals surface area contributed by atoms with E-state index in [1.807, 2.05) is 30.3 Å². The van der Waals surface area contributed by atoms with Crippen molar-refractivity contribution < 1.29 is 40.4 Å². The summed E-state index contributed by atoms with van der Waals surface area (Å²) in [5.41, 5.74) is 2.21. The van der Waals surface area contributed by atoms with Crippen molar-refractivity contribution in [3.05, 3.63) is 107 Å². The first-order valence-electron chi connectivity index (χ1n) is 15.2. The molecule has 6 nitrogen and oxygen atoms in total. The Morgan fingerprint density at radius 1 is 0.891 bits per heavy atom. The maximum Gasteiger partial charge on any atom is 0.416 e. The Hall–Kier alpha value is -3.58. The molecule has 0 radical (unpaired) electrons. The zero-order chi connectivity index (χ0) is 33.3. The molecule has 3 N–H and O–H groups in total. The van der Waals surface area contributed by atoms with Crippen molar-refractivity contribution in [3.63, 3.8) is 0 Å². The van der Waals surface area contributed by atoms with E-state index in [1.165, 1.54) is 6.92 Å². The summed E-state index contributed by atoms with van der Waals surface area (Å²) in [6.07, 6.45) is -9.27. The molecule has 0 bridgehead atoms. The molecule has 0 saturated carbocycles. The molecule has 246 valence electrons. The lowest BCUT2D eigenvalue weighted by atomic mass is 9.69. The van der Waals surface area contributed by atoms with E-state index in [2.05, 4.69) is 10.2 Å².